The molecule has 0 aliphatic rings. The smallest absolute Gasteiger partial charge is 0.143 e. The molecule has 5 heteroatoms. The van der Waals surface area contributed by atoms with E-state index in [1.54, 1.807) is 17.4 Å². The molecule has 2 heterocycles. The van der Waals surface area contributed by atoms with Gasteiger partial charge in [-0.2, -0.15) is 5.26 Å². The van der Waals surface area contributed by atoms with Crippen LogP contribution in [0.1, 0.15) is 21.3 Å². The number of nitriles is 1. The summed E-state index contributed by atoms with van der Waals surface area (Å²) in [6.07, 6.45) is 0. The number of thiazole rings is 1. The quantitative estimate of drug-likeness (QED) is 0.798. The maximum Gasteiger partial charge on any atom is 0.143 e. The molecule has 3 rings (SSSR count). The third-order valence-electron chi connectivity index (χ3n) is 3.28. The molecule has 0 bridgehead atoms. The third-order valence-corrected chi connectivity index (χ3v) is 4.21. The van der Waals surface area contributed by atoms with Gasteiger partial charge in [-0.1, -0.05) is 18.2 Å². The van der Waals surface area contributed by atoms with Gasteiger partial charge in [-0.25, -0.2) is 9.97 Å². The van der Waals surface area contributed by atoms with Crippen LogP contribution in [0.5, 0.6) is 0 Å². The van der Waals surface area contributed by atoms with Gasteiger partial charge in [0.2, 0.25) is 0 Å². The van der Waals surface area contributed by atoms with Crippen molar-refractivity contribution in [1.82, 2.24) is 9.97 Å². The first-order valence-corrected chi connectivity index (χ1v) is 7.45. The molecule has 104 valence electrons. The molecule has 4 nitrogen and oxygen atoms in total. The van der Waals surface area contributed by atoms with Crippen molar-refractivity contribution in [3.05, 3.63) is 51.6 Å². The molecular weight excluding hydrogens is 280 g/mol. The minimum absolute atomic E-state index is 0.419. The van der Waals surface area contributed by atoms with Gasteiger partial charge >= 0.3 is 0 Å². The zero-order chi connectivity index (χ0) is 14.8. The highest BCUT2D eigenvalue weighted by molar-refractivity contribution is 7.11. The van der Waals surface area contributed by atoms with Crippen LogP contribution in [0.25, 0.3) is 10.9 Å². The normalized spacial score (nSPS) is 10.5. The number of nitrogens with one attached hydrogen (secondary N) is 1. The Morgan fingerprint density at radius 2 is 2.05 bits per heavy atom. The molecule has 0 fully saturated rings. The molecule has 0 radical (unpaired) electrons. The number of nitrogens with zero attached hydrogens (tertiary/aromatic N) is 3. The van der Waals surface area contributed by atoms with E-state index in [-0.39, 0.29) is 0 Å². The van der Waals surface area contributed by atoms with Crippen molar-refractivity contribution >= 4 is 27.9 Å². The fraction of sp³-hybridized carbons (Fsp3) is 0.188. The Kier molecular flexibility index (Phi) is 3.55. The maximum absolute atomic E-state index is 9.10. The van der Waals surface area contributed by atoms with Gasteiger partial charge in [-0.15, -0.1) is 11.3 Å². The van der Waals surface area contributed by atoms with Gasteiger partial charge in [0.15, 0.2) is 0 Å². The van der Waals surface area contributed by atoms with Gasteiger partial charge in [0.1, 0.15) is 11.8 Å². The summed E-state index contributed by atoms with van der Waals surface area (Å²) in [5.74, 6) is 0. The highest BCUT2D eigenvalue weighted by atomic mass is 32.1. The van der Waals surface area contributed by atoms with E-state index in [2.05, 4.69) is 28.3 Å². The number of pyridine rings is 1. The Hall–Kier alpha value is -2.45. The molecule has 0 saturated carbocycles. The van der Waals surface area contributed by atoms with Crippen LogP contribution in [0.4, 0.5) is 5.69 Å². The predicted molar refractivity (Wildman–Crippen MR) is 85.4 cm³/mol. The number of para-hydroxylation sites is 1. The van der Waals surface area contributed by atoms with Crippen molar-refractivity contribution < 1.29 is 0 Å². The standard InChI is InChI=1S/C16H14N4S/c1-10-16(19-11(2)21-10)9-18-15-7-12(8-17)20-14-6-4-3-5-13(14)15/h3-7H,9H2,1-2H3,(H,18,20). The predicted octanol–water partition coefficient (Wildman–Crippen LogP) is 3.79. The summed E-state index contributed by atoms with van der Waals surface area (Å²) in [5.41, 5.74) is 3.21. The lowest BCUT2D eigenvalue weighted by atomic mass is 10.1. The average molecular weight is 294 g/mol. The van der Waals surface area contributed by atoms with Gasteiger partial charge in [-0.05, 0) is 26.0 Å². The van der Waals surface area contributed by atoms with Crippen molar-refractivity contribution in [1.29, 1.82) is 5.26 Å². The van der Waals surface area contributed by atoms with Crippen LogP contribution in [-0.4, -0.2) is 9.97 Å². The minimum atomic E-state index is 0.419. The number of benzene rings is 1. The summed E-state index contributed by atoms with van der Waals surface area (Å²) in [7, 11) is 0. The molecule has 0 aliphatic heterocycles. The molecule has 0 saturated heterocycles. The van der Waals surface area contributed by atoms with E-state index in [1.807, 2.05) is 31.2 Å². The first-order valence-electron chi connectivity index (χ1n) is 6.64. The number of aryl methyl sites for hydroxylation is 2. The second kappa shape index (κ2) is 5.51. The molecule has 1 aromatic carbocycles. The number of anilines is 1. The van der Waals surface area contributed by atoms with Crippen molar-refractivity contribution in [2.24, 2.45) is 0 Å². The summed E-state index contributed by atoms with van der Waals surface area (Å²) in [6.45, 7) is 4.74. The fourth-order valence-corrected chi connectivity index (χ4v) is 3.13. The number of fused-ring (bicyclic) bond motifs is 1. The van der Waals surface area contributed by atoms with E-state index in [9.17, 15) is 0 Å². The lowest BCUT2D eigenvalue weighted by molar-refractivity contribution is 1.04. The van der Waals surface area contributed by atoms with E-state index in [4.69, 9.17) is 5.26 Å². The number of hydrogen-bond donors (Lipinski definition) is 1. The Morgan fingerprint density at radius 1 is 1.24 bits per heavy atom. The molecule has 21 heavy (non-hydrogen) atoms. The van der Waals surface area contributed by atoms with Crippen molar-refractivity contribution in [2.75, 3.05) is 5.32 Å². The monoisotopic (exact) mass is 294 g/mol. The van der Waals surface area contributed by atoms with Gasteiger partial charge in [0, 0.05) is 16.0 Å². The topological polar surface area (TPSA) is 61.6 Å². The van der Waals surface area contributed by atoms with Crippen molar-refractivity contribution in [3.8, 4) is 6.07 Å². The molecule has 0 unspecified atom stereocenters. The third kappa shape index (κ3) is 2.71. The van der Waals surface area contributed by atoms with E-state index in [0.717, 1.165) is 27.3 Å². The highest BCUT2D eigenvalue weighted by Crippen LogP contribution is 2.24. The van der Waals surface area contributed by atoms with E-state index >= 15 is 0 Å². The summed E-state index contributed by atoms with van der Waals surface area (Å²) in [4.78, 5) is 10.1. The number of rotatable bonds is 3. The zero-order valence-electron chi connectivity index (χ0n) is 11.8. The second-order valence-corrected chi connectivity index (χ2v) is 6.18. The lowest BCUT2D eigenvalue weighted by Gasteiger charge is -2.09. The van der Waals surface area contributed by atoms with Crippen LogP contribution in [0.2, 0.25) is 0 Å². The Balaban J connectivity index is 1.96. The SMILES string of the molecule is Cc1nc(CNc2cc(C#N)nc3ccccc23)c(C)s1. The molecular formula is C16H14N4S. The van der Waals surface area contributed by atoms with E-state index in [0.29, 0.717) is 12.2 Å². The molecule has 3 aromatic rings. The average Bonchev–Trinajstić information content (AvgIpc) is 2.82. The van der Waals surface area contributed by atoms with Gasteiger partial charge in [0.25, 0.3) is 0 Å². The highest BCUT2D eigenvalue weighted by Gasteiger charge is 2.08. The van der Waals surface area contributed by atoms with Crippen LogP contribution in [0.3, 0.4) is 0 Å². The maximum atomic E-state index is 9.10. The van der Waals surface area contributed by atoms with Crippen LogP contribution < -0.4 is 5.32 Å². The summed E-state index contributed by atoms with van der Waals surface area (Å²) >= 11 is 1.70. The largest absolute Gasteiger partial charge is 0.379 e. The van der Waals surface area contributed by atoms with Crippen LogP contribution in [0.15, 0.2) is 30.3 Å². The first kappa shape index (κ1) is 13.5. The van der Waals surface area contributed by atoms with Crippen molar-refractivity contribution in [3.63, 3.8) is 0 Å². The molecule has 0 aliphatic carbocycles. The second-order valence-electron chi connectivity index (χ2n) is 4.77. The fourth-order valence-electron chi connectivity index (χ4n) is 2.29. The van der Waals surface area contributed by atoms with Crippen LogP contribution in [0, 0.1) is 25.2 Å². The van der Waals surface area contributed by atoms with E-state index in [1.165, 1.54) is 4.88 Å². The van der Waals surface area contributed by atoms with Crippen molar-refractivity contribution in [2.45, 2.75) is 20.4 Å². The van der Waals surface area contributed by atoms with Crippen LogP contribution in [-0.2, 0) is 6.54 Å². The minimum Gasteiger partial charge on any atom is -0.379 e. The van der Waals surface area contributed by atoms with Gasteiger partial charge in [0.05, 0.1) is 22.8 Å². The summed E-state index contributed by atoms with van der Waals surface area (Å²) in [6, 6.07) is 11.7. The molecule has 0 atom stereocenters. The number of aromatic nitrogens is 2. The summed E-state index contributed by atoms with van der Waals surface area (Å²) in [5, 5.41) is 14.6. The molecule has 0 spiro atoms. The summed E-state index contributed by atoms with van der Waals surface area (Å²) < 4.78 is 0. The zero-order valence-corrected chi connectivity index (χ0v) is 12.7. The Labute approximate surface area is 127 Å². The Bertz CT molecular complexity index is 845. The Morgan fingerprint density at radius 3 is 2.76 bits per heavy atom. The van der Waals surface area contributed by atoms with Gasteiger partial charge < -0.3 is 5.32 Å². The van der Waals surface area contributed by atoms with Crippen LogP contribution >= 0.6 is 11.3 Å². The number of hydrogen-bond acceptors (Lipinski definition) is 5. The van der Waals surface area contributed by atoms with Gasteiger partial charge in [-0.3, -0.25) is 0 Å². The first-order chi connectivity index (χ1) is 10.2. The molecule has 2 aromatic heterocycles. The van der Waals surface area contributed by atoms with E-state index < -0.39 is 0 Å². The molecule has 0 amide bonds. The molecule has 1 N–H and O–H groups in total. The lowest BCUT2D eigenvalue weighted by Crippen LogP contribution is -2.03.